The highest BCUT2D eigenvalue weighted by molar-refractivity contribution is 6.24. The molecule has 0 fully saturated rings. The summed E-state index contributed by atoms with van der Waals surface area (Å²) >= 11 is 0. The lowest BCUT2D eigenvalue weighted by atomic mass is 10.0. The van der Waals surface area contributed by atoms with Crippen LogP contribution in [0.2, 0.25) is 0 Å². The normalized spacial score (nSPS) is 11.6. The molecule has 0 aliphatic rings. The number of benzene rings is 5. The molecule has 0 unspecified atom stereocenters. The zero-order valence-corrected chi connectivity index (χ0v) is 15.3. The fourth-order valence-electron chi connectivity index (χ4n) is 4.31. The van der Waals surface area contributed by atoms with E-state index >= 15 is 0 Å². The fraction of sp³-hybridized carbons (Fsp3) is 0. The van der Waals surface area contributed by atoms with E-state index < -0.39 is 0 Å². The first kappa shape index (κ1) is 15.3. The molecule has 1 heterocycles. The van der Waals surface area contributed by atoms with Crippen LogP contribution in [0.3, 0.4) is 0 Å². The molecule has 0 aliphatic carbocycles. The number of nitrogens with zero attached hydrogens (tertiary/aromatic N) is 1. The van der Waals surface area contributed by atoms with Crippen molar-refractivity contribution in [3.05, 3.63) is 103 Å². The first-order valence-electron chi connectivity index (χ1n) is 9.55. The Kier molecular flexibility index (Phi) is 3.20. The van der Waals surface area contributed by atoms with Gasteiger partial charge in [-0.2, -0.15) is 0 Å². The topological polar surface area (TPSA) is 17.0 Å². The molecule has 28 heavy (non-hydrogen) atoms. The molecule has 0 spiro atoms. The van der Waals surface area contributed by atoms with E-state index in [0.29, 0.717) is 0 Å². The first-order chi connectivity index (χ1) is 13.9. The van der Waals surface area contributed by atoms with Crippen molar-refractivity contribution in [1.82, 2.24) is 4.57 Å². The van der Waals surface area contributed by atoms with Crippen LogP contribution in [0.5, 0.6) is 0 Å². The van der Waals surface area contributed by atoms with Crippen molar-refractivity contribution in [2.45, 2.75) is 0 Å². The zero-order chi connectivity index (χ0) is 18.5. The molecule has 5 aromatic carbocycles. The summed E-state index contributed by atoms with van der Waals surface area (Å²) in [6.07, 6.45) is 0. The van der Waals surface area contributed by atoms with Gasteiger partial charge in [-0.05, 0) is 53.2 Å². The van der Waals surface area contributed by atoms with Gasteiger partial charge in [0.15, 0.2) is 0 Å². The monoisotopic (exact) mass is 358 g/mol. The number of aromatic nitrogens is 1. The van der Waals surface area contributed by atoms with E-state index in [1.54, 1.807) is 0 Å². The number of rotatable bonds is 3. The molecular formula is C26H18N2. The maximum absolute atomic E-state index is 3.57. The fourth-order valence-corrected chi connectivity index (χ4v) is 4.31. The van der Waals surface area contributed by atoms with E-state index in [1.807, 2.05) is 6.07 Å². The molecule has 1 N–H and O–H groups in total. The van der Waals surface area contributed by atoms with Crippen LogP contribution in [0.15, 0.2) is 103 Å². The Bertz CT molecular complexity index is 1410. The summed E-state index contributed by atoms with van der Waals surface area (Å²) in [5.41, 5.74) is 5.86. The second-order valence-corrected chi connectivity index (χ2v) is 7.20. The third kappa shape index (κ3) is 2.21. The molecule has 2 heteroatoms. The Labute approximate surface area is 163 Å². The largest absolute Gasteiger partial charge is 0.355 e. The van der Waals surface area contributed by atoms with Gasteiger partial charge in [0, 0.05) is 27.8 Å². The van der Waals surface area contributed by atoms with Crippen LogP contribution in [-0.2, 0) is 0 Å². The minimum atomic E-state index is 1.09. The maximum atomic E-state index is 3.57. The molecular weight excluding hydrogens is 340 g/mol. The lowest BCUT2D eigenvalue weighted by Crippen LogP contribution is -1.94. The van der Waals surface area contributed by atoms with Crippen LogP contribution in [0.1, 0.15) is 0 Å². The van der Waals surface area contributed by atoms with Crippen LogP contribution in [0.4, 0.5) is 11.4 Å². The molecule has 0 radical (unpaired) electrons. The zero-order valence-electron chi connectivity index (χ0n) is 15.3. The highest BCUT2D eigenvalue weighted by Gasteiger charge is 2.17. The summed E-state index contributed by atoms with van der Waals surface area (Å²) in [5.74, 6) is 0. The van der Waals surface area contributed by atoms with Crippen LogP contribution in [0.25, 0.3) is 38.3 Å². The predicted octanol–water partition coefficient (Wildman–Crippen LogP) is 7.12. The number of para-hydroxylation sites is 2. The SMILES string of the molecule is c1ccc(Nc2cc3ccc4cccc5c4c3c(c2)n5-c2ccccc2)cc1. The molecule has 6 aromatic rings. The van der Waals surface area contributed by atoms with Gasteiger partial charge in [0.05, 0.1) is 11.0 Å². The summed E-state index contributed by atoms with van der Waals surface area (Å²) in [5, 5.41) is 8.78. The standard InChI is InChI=1S/C26H18N2/c1-3-9-20(10-4-1)27-21-16-19-15-14-18-8-7-13-23-25(18)26(19)24(17-21)28(23)22-11-5-2-6-12-22/h1-17,27H. The Morgan fingerprint density at radius 3 is 2.04 bits per heavy atom. The smallest absolute Gasteiger partial charge is 0.0568 e. The number of hydrogen-bond acceptors (Lipinski definition) is 1. The van der Waals surface area contributed by atoms with E-state index in [2.05, 4.69) is 107 Å². The predicted molar refractivity (Wildman–Crippen MR) is 119 cm³/mol. The molecule has 2 nitrogen and oxygen atoms in total. The molecule has 132 valence electrons. The quantitative estimate of drug-likeness (QED) is 0.333. The van der Waals surface area contributed by atoms with Crippen molar-refractivity contribution < 1.29 is 0 Å². The summed E-state index contributed by atoms with van der Waals surface area (Å²) in [6, 6.07) is 36.5. The van der Waals surface area contributed by atoms with Crippen LogP contribution >= 0.6 is 0 Å². The van der Waals surface area contributed by atoms with Gasteiger partial charge in [-0.3, -0.25) is 0 Å². The lowest BCUT2D eigenvalue weighted by Gasteiger charge is -2.11. The van der Waals surface area contributed by atoms with Crippen molar-refractivity contribution >= 4 is 44.0 Å². The third-order valence-electron chi connectivity index (χ3n) is 5.47. The van der Waals surface area contributed by atoms with Crippen LogP contribution in [0, 0.1) is 0 Å². The minimum absolute atomic E-state index is 1.09. The molecule has 6 rings (SSSR count). The Hall–Kier alpha value is -3.78. The molecule has 0 saturated carbocycles. The molecule has 0 atom stereocenters. The van der Waals surface area contributed by atoms with Crippen molar-refractivity contribution in [2.24, 2.45) is 0 Å². The van der Waals surface area contributed by atoms with E-state index in [0.717, 1.165) is 11.4 Å². The highest BCUT2D eigenvalue weighted by atomic mass is 15.0. The van der Waals surface area contributed by atoms with Crippen molar-refractivity contribution in [2.75, 3.05) is 5.32 Å². The first-order valence-corrected chi connectivity index (χ1v) is 9.55. The molecule has 0 aliphatic heterocycles. The molecule has 0 amide bonds. The van der Waals surface area contributed by atoms with Crippen LogP contribution in [-0.4, -0.2) is 4.57 Å². The van der Waals surface area contributed by atoms with Gasteiger partial charge in [-0.25, -0.2) is 0 Å². The van der Waals surface area contributed by atoms with Crippen molar-refractivity contribution in [3.63, 3.8) is 0 Å². The average molecular weight is 358 g/mol. The minimum Gasteiger partial charge on any atom is -0.355 e. The Morgan fingerprint density at radius 1 is 0.500 bits per heavy atom. The van der Waals surface area contributed by atoms with Gasteiger partial charge in [-0.15, -0.1) is 0 Å². The Balaban J connectivity index is 1.71. The summed E-state index contributed by atoms with van der Waals surface area (Å²) in [4.78, 5) is 0. The van der Waals surface area contributed by atoms with Gasteiger partial charge < -0.3 is 9.88 Å². The number of nitrogens with one attached hydrogen (secondary N) is 1. The van der Waals surface area contributed by atoms with Gasteiger partial charge in [0.25, 0.3) is 0 Å². The van der Waals surface area contributed by atoms with Gasteiger partial charge in [0.1, 0.15) is 0 Å². The second kappa shape index (κ2) is 5.86. The van der Waals surface area contributed by atoms with E-state index in [4.69, 9.17) is 0 Å². The summed E-state index contributed by atoms with van der Waals surface area (Å²) in [7, 11) is 0. The molecule has 1 aromatic heterocycles. The van der Waals surface area contributed by atoms with Gasteiger partial charge >= 0.3 is 0 Å². The van der Waals surface area contributed by atoms with E-state index in [-0.39, 0.29) is 0 Å². The van der Waals surface area contributed by atoms with E-state index in [1.165, 1.54) is 38.3 Å². The summed E-state index contributed by atoms with van der Waals surface area (Å²) < 4.78 is 2.38. The third-order valence-corrected chi connectivity index (χ3v) is 5.47. The lowest BCUT2D eigenvalue weighted by molar-refractivity contribution is 1.18. The van der Waals surface area contributed by atoms with Crippen molar-refractivity contribution in [1.29, 1.82) is 0 Å². The summed E-state index contributed by atoms with van der Waals surface area (Å²) in [6.45, 7) is 0. The number of anilines is 2. The van der Waals surface area contributed by atoms with Crippen molar-refractivity contribution in [3.8, 4) is 5.69 Å². The highest BCUT2D eigenvalue weighted by Crippen LogP contribution is 2.40. The maximum Gasteiger partial charge on any atom is 0.0568 e. The van der Waals surface area contributed by atoms with Gasteiger partial charge in [-0.1, -0.05) is 60.7 Å². The Morgan fingerprint density at radius 2 is 1.21 bits per heavy atom. The van der Waals surface area contributed by atoms with E-state index in [9.17, 15) is 0 Å². The molecule has 0 bridgehead atoms. The molecule has 0 saturated heterocycles. The second-order valence-electron chi connectivity index (χ2n) is 7.20. The average Bonchev–Trinajstić information content (AvgIpc) is 3.08. The van der Waals surface area contributed by atoms with Gasteiger partial charge in [0.2, 0.25) is 0 Å². The van der Waals surface area contributed by atoms with Crippen LogP contribution < -0.4 is 5.32 Å². The number of hydrogen-bond donors (Lipinski definition) is 1.